The summed E-state index contributed by atoms with van der Waals surface area (Å²) in [5, 5.41) is 5.40. The van der Waals surface area contributed by atoms with Crippen molar-refractivity contribution in [3.05, 3.63) is 34.8 Å². The van der Waals surface area contributed by atoms with Crippen LogP contribution in [0.4, 0.5) is 5.82 Å². The molecule has 86 valence electrons. The highest BCUT2D eigenvalue weighted by atomic mass is 79.9. The molecule has 17 heavy (non-hydrogen) atoms. The van der Waals surface area contributed by atoms with E-state index in [9.17, 15) is 0 Å². The maximum absolute atomic E-state index is 5.70. The van der Waals surface area contributed by atoms with Crippen molar-refractivity contribution in [3.8, 4) is 10.6 Å². The molecular weight excluding hydrogens is 298 g/mol. The minimum Gasteiger partial charge on any atom is -0.382 e. The summed E-state index contributed by atoms with van der Waals surface area (Å²) in [5.74, 6) is 0.555. The summed E-state index contributed by atoms with van der Waals surface area (Å²) < 4.78 is 4.19. The van der Waals surface area contributed by atoms with Crippen LogP contribution < -0.4 is 5.73 Å². The highest BCUT2D eigenvalue weighted by molar-refractivity contribution is 9.10. The lowest BCUT2D eigenvalue weighted by atomic mass is 10.2. The first-order chi connectivity index (χ1) is 8.15. The van der Waals surface area contributed by atoms with Gasteiger partial charge in [0.2, 0.25) is 0 Å². The average molecular weight is 308 g/mol. The number of anilines is 1. The number of aromatic nitrogens is 2. The molecule has 0 radical (unpaired) electrons. The third kappa shape index (κ3) is 1.75. The second-order valence-electron chi connectivity index (χ2n) is 3.84. The minimum absolute atomic E-state index is 0.555. The quantitative estimate of drug-likeness (QED) is 0.746. The fourth-order valence-electron chi connectivity index (χ4n) is 1.87. The highest BCUT2D eigenvalue weighted by Crippen LogP contribution is 2.37. The number of fused-ring (bicyclic) bond motifs is 1. The van der Waals surface area contributed by atoms with Gasteiger partial charge in [0.1, 0.15) is 5.82 Å². The number of hydrogen-bond acceptors (Lipinski definition) is 3. The molecule has 3 rings (SSSR count). The van der Waals surface area contributed by atoms with Gasteiger partial charge >= 0.3 is 0 Å². The molecule has 0 aliphatic carbocycles. The van der Waals surface area contributed by atoms with Crippen molar-refractivity contribution in [3.63, 3.8) is 0 Å². The van der Waals surface area contributed by atoms with Gasteiger partial charge in [0.25, 0.3) is 0 Å². The smallest absolute Gasteiger partial charge is 0.146 e. The van der Waals surface area contributed by atoms with Gasteiger partial charge in [-0.3, -0.25) is 4.68 Å². The van der Waals surface area contributed by atoms with Gasteiger partial charge in [-0.05, 0) is 18.2 Å². The van der Waals surface area contributed by atoms with Crippen molar-refractivity contribution >= 4 is 43.2 Å². The molecule has 1 aromatic carbocycles. The van der Waals surface area contributed by atoms with Gasteiger partial charge in [-0.1, -0.05) is 22.0 Å². The zero-order chi connectivity index (χ0) is 12.0. The Labute approximate surface area is 111 Å². The molecule has 0 bridgehead atoms. The van der Waals surface area contributed by atoms with E-state index in [2.05, 4.69) is 39.2 Å². The molecule has 0 saturated carbocycles. The summed E-state index contributed by atoms with van der Waals surface area (Å²) in [6, 6.07) is 10.3. The monoisotopic (exact) mass is 307 g/mol. The summed E-state index contributed by atoms with van der Waals surface area (Å²) in [5.41, 5.74) is 6.76. The standard InChI is InChI=1S/C12H10BrN3S/c1-16-9(6-12(14)15-16)11-5-7-8(13)3-2-4-10(7)17-11/h2-6H,1H3,(H2,14,15). The van der Waals surface area contributed by atoms with E-state index in [1.54, 1.807) is 11.3 Å². The molecule has 2 aromatic heterocycles. The zero-order valence-electron chi connectivity index (χ0n) is 9.14. The Morgan fingerprint density at radius 2 is 2.18 bits per heavy atom. The van der Waals surface area contributed by atoms with Crippen LogP contribution in [-0.2, 0) is 7.05 Å². The normalized spacial score (nSPS) is 11.2. The van der Waals surface area contributed by atoms with Crippen molar-refractivity contribution in [1.29, 1.82) is 0 Å². The first kappa shape index (κ1) is 10.8. The van der Waals surface area contributed by atoms with E-state index < -0.39 is 0 Å². The molecule has 0 fully saturated rings. The molecule has 5 heteroatoms. The third-order valence-electron chi connectivity index (χ3n) is 2.66. The van der Waals surface area contributed by atoms with Crippen molar-refractivity contribution in [2.75, 3.05) is 5.73 Å². The Hall–Kier alpha value is -1.33. The lowest BCUT2D eigenvalue weighted by Gasteiger charge is -1.95. The number of hydrogen-bond donors (Lipinski definition) is 1. The Bertz CT molecular complexity index is 699. The van der Waals surface area contributed by atoms with Gasteiger partial charge in [-0.2, -0.15) is 5.10 Å². The molecule has 0 atom stereocenters. The van der Waals surface area contributed by atoms with Crippen molar-refractivity contribution < 1.29 is 0 Å². The molecule has 0 aliphatic rings. The van der Waals surface area contributed by atoms with Crippen LogP contribution in [0, 0.1) is 0 Å². The van der Waals surface area contributed by atoms with Crippen molar-refractivity contribution in [2.45, 2.75) is 0 Å². The van der Waals surface area contributed by atoms with Gasteiger partial charge < -0.3 is 5.73 Å². The Morgan fingerprint density at radius 3 is 2.82 bits per heavy atom. The van der Waals surface area contributed by atoms with Gasteiger partial charge in [0.05, 0.1) is 10.6 Å². The number of benzene rings is 1. The van der Waals surface area contributed by atoms with Crippen LogP contribution in [-0.4, -0.2) is 9.78 Å². The molecular formula is C12H10BrN3S. The van der Waals surface area contributed by atoms with Crippen LogP contribution in [0.1, 0.15) is 0 Å². The molecule has 0 saturated heterocycles. The molecule has 3 aromatic rings. The van der Waals surface area contributed by atoms with Gasteiger partial charge in [-0.25, -0.2) is 0 Å². The molecule has 2 heterocycles. The average Bonchev–Trinajstić information content (AvgIpc) is 2.82. The summed E-state index contributed by atoms with van der Waals surface area (Å²) in [6.45, 7) is 0. The van der Waals surface area contributed by atoms with Crippen molar-refractivity contribution in [2.24, 2.45) is 7.05 Å². The number of aryl methyl sites for hydroxylation is 1. The summed E-state index contributed by atoms with van der Waals surface area (Å²) >= 11 is 5.31. The Kier molecular flexibility index (Phi) is 2.45. The van der Waals surface area contributed by atoms with E-state index >= 15 is 0 Å². The lowest BCUT2D eigenvalue weighted by Crippen LogP contribution is -1.93. The topological polar surface area (TPSA) is 43.8 Å². The SMILES string of the molecule is Cn1nc(N)cc1-c1cc2c(Br)cccc2s1. The van der Waals surface area contributed by atoms with Crippen LogP contribution >= 0.6 is 27.3 Å². The fraction of sp³-hybridized carbons (Fsp3) is 0.0833. The number of halogens is 1. The highest BCUT2D eigenvalue weighted by Gasteiger charge is 2.10. The maximum atomic E-state index is 5.70. The van der Waals surface area contributed by atoms with E-state index in [1.165, 1.54) is 15.0 Å². The second kappa shape index (κ2) is 3.85. The van der Waals surface area contributed by atoms with E-state index in [-0.39, 0.29) is 0 Å². The van der Waals surface area contributed by atoms with E-state index in [4.69, 9.17) is 5.73 Å². The second-order valence-corrected chi connectivity index (χ2v) is 5.78. The maximum Gasteiger partial charge on any atom is 0.146 e. The molecule has 0 spiro atoms. The number of nitrogen functional groups attached to an aromatic ring is 1. The van der Waals surface area contributed by atoms with Gasteiger partial charge in [-0.15, -0.1) is 11.3 Å². The number of rotatable bonds is 1. The van der Waals surface area contributed by atoms with Crippen LogP contribution in [0.25, 0.3) is 20.7 Å². The molecule has 3 nitrogen and oxygen atoms in total. The Balaban J connectivity index is 2.25. The van der Waals surface area contributed by atoms with Gasteiger partial charge in [0, 0.05) is 27.7 Å². The molecule has 0 aliphatic heterocycles. The predicted octanol–water partition coefficient (Wildman–Crippen LogP) is 3.65. The summed E-state index contributed by atoms with van der Waals surface area (Å²) in [4.78, 5) is 1.18. The van der Waals surface area contributed by atoms with E-state index in [1.807, 2.05) is 23.9 Å². The first-order valence-electron chi connectivity index (χ1n) is 5.13. The first-order valence-corrected chi connectivity index (χ1v) is 6.74. The molecule has 2 N–H and O–H groups in total. The molecule has 0 amide bonds. The fourth-order valence-corrected chi connectivity index (χ4v) is 3.62. The number of thiophene rings is 1. The van der Waals surface area contributed by atoms with Crippen LogP contribution in [0.5, 0.6) is 0 Å². The number of nitrogens with two attached hydrogens (primary N) is 1. The van der Waals surface area contributed by atoms with Crippen LogP contribution in [0.3, 0.4) is 0 Å². The van der Waals surface area contributed by atoms with Crippen LogP contribution in [0.15, 0.2) is 34.8 Å². The van der Waals surface area contributed by atoms with E-state index in [0.717, 1.165) is 10.2 Å². The Morgan fingerprint density at radius 1 is 1.35 bits per heavy atom. The van der Waals surface area contributed by atoms with Crippen molar-refractivity contribution in [1.82, 2.24) is 9.78 Å². The predicted molar refractivity (Wildman–Crippen MR) is 76.1 cm³/mol. The van der Waals surface area contributed by atoms with Gasteiger partial charge in [0.15, 0.2) is 0 Å². The number of nitrogens with zero attached hydrogens (tertiary/aromatic N) is 2. The van der Waals surface area contributed by atoms with Crippen LogP contribution in [0.2, 0.25) is 0 Å². The molecule has 0 unspecified atom stereocenters. The zero-order valence-corrected chi connectivity index (χ0v) is 11.5. The van der Waals surface area contributed by atoms with E-state index in [0.29, 0.717) is 5.82 Å². The minimum atomic E-state index is 0.555. The largest absolute Gasteiger partial charge is 0.382 e. The third-order valence-corrected chi connectivity index (χ3v) is 4.47. The summed E-state index contributed by atoms with van der Waals surface area (Å²) in [7, 11) is 1.91. The summed E-state index contributed by atoms with van der Waals surface area (Å²) in [6.07, 6.45) is 0. The lowest BCUT2D eigenvalue weighted by molar-refractivity contribution is 0.782.